The third-order valence-electron chi connectivity index (χ3n) is 4.52. The van der Waals surface area contributed by atoms with Crippen LogP contribution in [0.15, 0.2) is 22.8 Å². The van der Waals surface area contributed by atoms with Crippen molar-refractivity contribution in [3.8, 4) is 0 Å². The van der Waals surface area contributed by atoms with E-state index in [1.807, 2.05) is 0 Å². The fourth-order valence-electron chi connectivity index (χ4n) is 2.84. The predicted molar refractivity (Wildman–Crippen MR) is 97.6 cm³/mol. The number of amides is 1. The molecule has 0 spiro atoms. The molecule has 0 aromatic carbocycles. The van der Waals surface area contributed by atoms with E-state index in [-0.39, 0.29) is 35.4 Å². The molecule has 3 heterocycles. The van der Waals surface area contributed by atoms with Crippen LogP contribution in [0.3, 0.4) is 0 Å². The zero-order valence-corrected chi connectivity index (χ0v) is 15.6. The first-order valence-electron chi connectivity index (χ1n) is 8.64. The van der Waals surface area contributed by atoms with Gasteiger partial charge in [-0.05, 0) is 18.6 Å². The summed E-state index contributed by atoms with van der Waals surface area (Å²) < 4.78 is 7.28. The van der Waals surface area contributed by atoms with Crippen molar-refractivity contribution in [1.29, 1.82) is 0 Å². The summed E-state index contributed by atoms with van der Waals surface area (Å²) in [5, 5.41) is 21.3. The van der Waals surface area contributed by atoms with Crippen LogP contribution in [0.2, 0.25) is 0 Å². The van der Waals surface area contributed by atoms with Crippen LogP contribution >= 0.6 is 0 Å². The monoisotopic (exact) mass is 391 g/mol. The summed E-state index contributed by atoms with van der Waals surface area (Å²) in [4.78, 5) is 46.0. The minimum Gasteiger partial charge on any atom is -0.481 e. The predicted octanol–water partition coefficient (Wildman–Crippen LogP) is 0.395. The first-order valence-corrected chi connectivity index (χ1v) is 8.64. The maximum Gasteiger partial charge on any atom is 0.307 e. The highest BCUT2D eigenvalue weighted by Gasteiger charge is 2.40. The number of aliphatic hydroxyl groups excluding tert-OH is 1. The maximum atomic E-state index is 12.3. The van der Waals surface area contributed by atoms with E-state index in [2.05, 4.69) is 20.3 Å². The molecule has 0 saturated heterocycles. The lowest BCUT2D eigenvalue weighted by Gasteiger charge is -2.26. The van der Waals surface area contributed by atoms with Gasteiger partial charge in [-0.1, -0.05) is 13.8 Å². The van der Waals surface area contributed by atoms with Crippen LogP contribution < -0.4 is 10.9 Å². The molecular formula is C17H21N5O6. The number of nitrogens with one attached hydrogen (secondary N) is 2. The Morgan fingerprint density at radius 3 is 2.79 bits per heavy atom. The molecule has 1 unspecified atom stereocenters. The molecule has 11 nitrogen and oxygen atoms in total. The number of carboxylic acids is 1. The number of anilines is 1. The average molecular weight is 391 g/mol. The van der Waals surface area contributed by atoms with Gasteiger partial charge in [0.15, 0.2) is 17.4 Å². The van der Waals surface area contributed by atoms with Gasteiger partial charge in [0.2, 0.25) is 11.9 Å². The molecule has 1 aliphatic heterocycles. The Labute approximate surface area is 159 Å². The van der Waals surface area contributed by atoms with Gasteiger partial charge in [-0.2, -0.15) is 4.98 Å². The van der Waals surface area contributed by atoms with E-state index >= 15 is 0 Å². The second kappa shape index (κ2) is 7.17. The topological polar surface area (TPSA) is 159 Å². The van der Waals surface area contributed by atoms with Crippen molar-refractivity contribution in [3.63, 3.8) is 0 Å². The second-order valence-electron chi connectivity index (χ2n) is 7.04. The number of aliphatic carboxylic acids is 1. The van der Waals surface area contributed by atoms with Crippen LogP contribution in [0.4, 0.5) is 5.95 Å². The maximum absolute atomic E-state index is 12.3. The van der Waals surface area contributed by atoms with Crippen LogP contribution in [0.5, 0.6) is 0 Å². The molecule has 0 aliphatic carbocycles. The third-order valence-corrected chi connectivity index (χ3v) is 4.52. The highest BCUT2D eigenvalue weighted by molar-refractivity contribution is 5.91. The van der Waals surface area contributed by atoms with E-state index in [1.165, 1.54) is 10.9 Å². The molecule has 1 amide bonds. The van der Waals surface area contributed by atoms with Crippen LogP contribution in [0.1, 0.15) is 33.4 Å². The summed E-state index contributed by atoms with van der Waals surface area (Å²) in [6.45, 7) is 4.56. The van der Waals surface area contributed by atoms with Crippen LogP contribution in [0.25, 0.3) is 11.2 Å². The van der Waals surface area contributed by atoms with Crippen molar-refractivity contribution in [2.24, 2.45) is 5.92 Å². The van der Waals surface area contributed by atoms with Gasteiger partial charge in [0.25, 0.3) is 5.56 Å². The van der Waals surface area contributed by atoms with E-state index in [0.29, 0.717) is 5.57 Å². The minimum absolute atomic E-state index is 0.0318. The lowest BCUT2D eigenvalue weighted by molar-refractivity contribution is -0.137. The number of carbonyl (C=O) groups is 2. The fourth-order valence-corrected chi connectivity index (χ4v) is 2.84. The van der Waals surface area contributed by atoms with E-state index in [4.69, 9.17) is 9.84 Å². The normalized spacial score (nSPS) is 21.9. The van der Waals surface area contributed by atoms with Crippen molar-refractivity contribution in [1.82, 2.24) is 19.5 Å². The number of H-pyrrole nitrogens is 1. The smallest absolute Gasteiger partial charge is 0.307 e. The molecule has 4 N–H and O–H groups in total. The molecule has 150 valence electrons. The third kappa shape index (κ3) is 3.53. The number of aliphatic hydroxyl groups is 1. The summed E-state index contributed by atoms with van der Waals surface area (Å²) in [6.07, 6.45) is 1.77. The lowest BCUT2D eigenvalue weighted by atomic mass is 9.95. The zero-order valence-electron chi connectivity index (χ0n) is 15.6. The van der Waals surface area contributed by atoms with Crippen molar-refractivity contribution in [2.45, 2.75) is 39.0 Å². The molecule has 0 fully saturated rings. The number of hydrogen-bond donors (Lipinski definition) is 4. The number of rotatable bonds is 6. The van der Waals surface area contributed by atoms with Crippen molar-refractivity contribution in [2.75, 3.05) is 11.9 Å². The van der Waals surface area contributed by atoms with Crippen LogP contribution in [-0.4, -0.2) is 53.8 Å². The molecule has 2 aromatic rings. The van der Waals surface area contributed by atoms with Crippen molar-refractivity contribution < 1.29 is 24.5 Å². The summed E-state index contributed by atoms with van der Waals surface area (Å²) in [5.41, 5.74) is -1.14. The van der Waals surface area contributed by atoms with Crippen LogP contribution in [0, 0.1) is 5.92 Å². The van der Waals surface area contributed by atoms with Gasteiger partial charge in [-0.3, -0.25) is 29.3 Å². The molecule has 3 rings (SSSR count). The van der Waals surface area contributed by atoms with Gasteiger partial charge in [0.05, 0.1) is 19.4 Å². The van der Waals surface area contributed by atoms with Gasteiger partial charge >= 0.3 is 5.97 Å². The Morgan fingerprint density at radius 2 is 2.18 bits per heavy atom. The largest absolute Gasteiger partial charge is 0.481 e. The Kier molecular flexibility index (Phi) is 5.04. The number of ether oxygens (including phenoxy) is 1. The van der Waals surface area contributed by atoms with Gasteiger partial charge in [-0.25, -0.2) is 4.98 Å². The number of hydrogen-bond acceptors (Lipinski definition) is 7. The Balaban J connectivity index is 2.03. The van der Waals surface area contributed by atoms with Gasteiger partial charge < -0.3 is 14.9 Å². The molecule has 0 saturated carbocycles. The number of nitrogens with zero attached hydrogens (tertiary/aromatic N) is 3. The van der Waals surface area contributed by atoms with Crippen molar-refractivity contribution >= 4 is 29.0 Å². The highest BCUT2D eigenvalue weighted by atomic mass is 16.5. The summed E-state index contributed by atoms with van der Waals surface area (Å²) >= 11 is 0. The van der Waals surface area contributed by atoms with Gasteiger partial charge in [0, 0.05) is 5.92 Å². The summed E-state index contributed by atoms with van der Waals surface area (Å²) in [5.74, 6) is -1.72. The number of carboxylic acid groups (broad SMARTS) is 1. The Morgan fingerprint density at radius 1 is 1.46 bits per heavy atom. The molecule has 28 heavy (non-hydrogen) atoms. The standard InChI is InChI=1S/C17H21N5O6/c1-8(2)14(26)20-16-19-13-12(15(27)21-16)18-7-22(13)10-4-9(5-11(24)25)17(3,6-23)28-10/h4,7-8,10,23H,5-6H2,1-3H3,(H,24,25)(H2,19,20,21,26,27)/t10?,17-/m0/s1. The van der Waals surface area contributed by atoms with Gasteiger partial charge in [-0.15, -0.1) is 0 Å². The van der Waals surface area contributed by atoms with Gasteiger partial charge in [0.1, 0.15) is 5.60 Å². The van der Waals surface area contributed by atoms with E-state index in [9.17, 15) is 19.5 Å². The summed E-state index contributed by atoms with van der Waals surface area (Å²) in [6, 6.07) is 0. The van der Waals surface area contributed by atoms with E-state index < -0.39 is 30.0 Å². The summed E-state index contributed by atoms with van der Waals surface area (Å²) in [7, 11) is 0. The highest BCUT2D eigenvalue weighted by Crippen LogP contribution is 2.38. The van der Waals surface area contributed by atoms with E-state index in [1.54, 1.807) is 26.8 Å². The number of fused-ring (bicyclic) bond motifs is 1. The molecule has 0 radical (unpaired) electrons. The SMILES string of the molecule is CC(C)C(=O)Nc1nc2c(ncn2C2C=C(CC(=O)O)[C@](C)(CO)O2)c(=O)[nH]1. The molecular weight excluding hydrogens is 370 g/mol. The molecule has 2 atom stereocenters. The first kappa shape index (κ1) is 19.7. The fraction of sp³-hybridized carbons (Fsp3) is 0.471. The number of carbonyl (C=O) groups excluding carboxylic acids is 1. The minimum atomic E-state index is -1.18. The zero-order chi connectivity index (χ0) is 20.6. The molecule has 11 heteroatoms. The number of aromatic nitrogens is 4. The average Bonchev–Trinajstić information content (AvgIpc) is 3.17. The van der Waals surface area contributed by atoms with Crippen molar-refractivity contribution in [3.05, 3.63) is 28.3 Å². The first-order chi connectivity index (χ1) is 13.1. The number of aromatic amines is 1. The quantitative estimate of drug-likeness (QED) is 0.515. The second-order valence-corrected chi connectivity index (χ2v) is 7.04. The van der Waals surface area contributed by atoms with Crippen LogP contribution in [-0.2, 0) is 14.3 Å². The number of imidazole rings is 1. The Bertz CT molecular complexity index is 1020. The molecule has 1 aliphatic rings. The lowest BCUT2D eigenvalue weighted by Crippen LogP contribution is -2.33. The Hall–Kier alpha value is -3.05. The molecule has 2 aromatic heterocycles. The van der Waals surface area contributed by atoms with E-state index in [0.717, 1.165) is 0 Å². The molecule has 0 bridgehead atoms.